The van der Waals surface area contributed by atoms with Gasteiger partial charge in [-0.15, -0.1) is 11.3 Å². The normalized spacial score (nSPS) is 18.6. The van der Waals surface area contributed by atoms with Gasteiger partial charge in [0.25, 0.3) is 0 Å². The summed E-state index contributed by atoms with van der Waals surface area (Å²) in [6.07, 6.45) is 1.75. The number of benzene rings is 1. The Labute approximate surface area is 125 Å². The molecule has 2 aromatic rings. The van der Waals surface area contributed by atoms with E-state index in [1.807, 2.05) is 6.07 Å². The van der Waals surface area contributed by atoms with E-state index in [1.165, 1.54) is 11.3 Å². The third-order valence-electron chi connectivity index (χ3n) is 3.53. The van der Waals surface area contributed by atoms with Crippen LogP contribution in [0.2, 0.25) is 0 Å². The fourth-order valence-corrected chi connectivity index (χ4v) is 3.30. The fraction of sp³-hybridized carbons (Fsp3) is 0.333. The summed E-state index contributed by atoms with van der Waals surface area (Å²) in [6, 6.07) is 7.06. The van der Waals surface area contributed by atoms with E-state index in [0.29, 0.717) is 17.2 Å². The Bertz CT molecular complexity index is 688. The molecule has 0 unspecified atom stereocenters. The number of carboxylic acid groups (broad SMARTS) is 1. The molecule has 1 aliphatic heterocycles. The van der Waals surface area contributed by atoms with Gasteiger partial charge in [0.05, 0.1) is 12.5 Å². The fourth-order valence-electron chi connectivity index (χ4n) is 2.42. The van der Waals surface area contributed by atoms with Gasteiger partial charge in [0.15, 0.2) is 0 Å². The molecule has 1 aliphatic rings. The number of carboxylic acids is 1. The number of fused-ring (bicyclic) bond motifs is 1. The Kier molecular flexibility index (Phi) is 3.90. The first-order chi connectivity index (χ1) is 10.1. The number of thiophene rings is 1. The van der Waals surface area contributed by atoms with Crippen LogP contribution in [0.15, 0.2) is 24.3 Å². The molecule has 1 atom stereocenters. The van der Waals surface area contributed by atoms with Crippen LogP contribution < -0.4 is 5.32 Å². The third-order valence-corrected chi connectivity index (χ3v) is 4.63. The zero-order chi connectivity index (χ0) is 14.8. The largest absolute Gasteiger partial charge is 0.477 e. The minimum absolute atomic E-state index is 0.0391. The van der Waals surface area contributed by atoms with E-state index in [0.717, 1.165) is 29.5 Å². The van der Waals surface area contributed by atoms with Crippen molar-refractivity contribution in [2.45, 2.75) is 12.8 Å². The van der Waals surface area contributed by atoms with Crippen LogP contribution in [-0.2, 0) is 9.53 Å². The number of anilines is 1. The SMILES string of the molecule is O=C(O)c1cc2cc(NC(=O)[C@@H]3CCCOC3)ccc2s1. The summed E-state index contributed by atoms with van der Waals surface area (Å²) in [5, 5.41) is 12.7. The minimum Gasteiger partial charge on any atom is -0.477 e. The van der Waals surface area contributed by atoms with Crippen molar-refractivity contribution in [1.82, 2.24) is 0 Å². The van der Waals surface area contributed by atoms with E-state index < -0.39 is 5.97 Å². The third kappa shape index (κ3) is 3.06. The number of hydrogen-bond donors (Lipinski definition) is 2. The number of hydrogen-bond acceptors (Lipinski definition) is 4. The van der Waals surface area contributed by atoms with Crippen LogP contribution in [0.1, 0.15) is 22.5 Å². The van der Waals surface area contributed by atoms with Crippen LogP contribution in [-0.4, -0.2) is 30.2 Å². The molecular formula is C15H15NO4S. The molecule has 21 heavy (non-hydrogen) atoms. The lowest BCUT2D eigenvalue weighted by Crippen LogP contribution is -2.30. The highest BCUT2D eigenvalue weighted by Gasteiger charge is 2.21. The molecular weight excluding hydrogens is 290 g/mol. The molecule has 1 aromatic heterocycles. The smallest absolute Gasteiger partial charge is 0.345 e. The Hall–Kier alpha value is -1.92. The molecule has 1 saturated heterocycles. The van der Waals surface area contributed by atoms with Gasteiger partial charge in [0, 0.05) is 17.0 Å². The van der Waals surface area contributed by atoms with Crippen LogP contribution in [0.25, 0.3) is 10.1 Å². The van der Waals surface area contributed by atoms with Gasteiger partial charge in [0.2, 0.25) is 5.91 Å². The Morgan fingerprint density at radius 2 is 2.19 bits per heavy atom. The molecule has 1 amide bonds. The van der Waals surface area contributed by atoms with Crippen LogP contribution in [0.4, 0.5) is 5.69 Å². The maximum Gasteiger partial charge on any atom is 0.345 e. The monoisotopic (exact) mass is 305 g/mol. The number of carbonyl (C=O) groups is 2. The van der Waals surface area contributed by atoms with Crippen LogP contribution in [0.5, 0.6) is 0 Å². The van der Waals surface area contributed by atoms with E-state index in [2.05, 4.69) is 5.32 Å². The zero-order valence-corrected chi connectivity index (χ0v) is 12.1. The zero-order valence-electron chi connectivity index (χ0n) is 11.3. The second kappa shape index (κ2) is 5.83. The highest BCUT2D eigenvalue weighted by molar-refractivity contribution is 7.20. The van der Waals surface area contributed by atoms with Crippen molar-refractivity contribution in [3.63, 3.8) is 0 Å². The highest BCUT2D eigenvalue weighted by Crippen LogP contribution is 2.28. The number of amides is 1. The van der Waals surface area contributed by atoms with Gasteiger partial charge in [-0.05, 0) is 42.5 Å². The van der Waals surface area contributed by atoms with E-state index in [-0.39, 0.29) is 11.8 Å². The summed E-state index contributed by atoms with van der Waals surface area (Å²) in [5.74, 6) is -1.07. The quantitative estimate of drug-likeness (QED) is 0.914. The highest BCUT2D eigenvalue weighted by atomic mass is 32.1. The number of ether oxygens (including phenoxy) is 1. The average Bonchev–Trinajstić information content (AvgIpc) is 2.91. The summed E-state index contributed by atoms with van der Waals surface area (Å²) in [6.45, 7) is 1.19. The maximum absolute atomic E-state index is 12.1. The molecule has 6 heteroatoms. The van der Waals surface area contributed by atoms with Gasteiger partial charge < -0.3 is 15.2 Å². The van der Waals surface area contributed by atoms with Crippen molar-refractivity contribution in [3.05, 3.63) is 29.1 Å². The maximum atomic E-state index is 12.1. The Morgan fingerprint density at radius 1 is 1.33 bits per heavy atom. The molecule has 2 N–H and O–H groups in total. The van der Waals surface area contributed by atoms with Crippen molar-refractivity contribution in [2.75, 3.05) is 18.5 Å². The van der Waals surface area contributed by atoms with Gasteiger partial charge in [0.1, 0.15) is 4.88 Å². The second-order valence-corrected chi connectivity index (χ2v) is 6.16. The van der Waals surface area contributed by atoms with E-state index in [1.54, 1.807) is 18.2 Å². The van der Waals surface area contributed by atoms with Crippen molar-refractivity contribution in [2.24, 2.45) is 5.92 Å². The second-order valence-electron chi connectivity index (χ2n) is 5.07. The lowest BCUT2D eigenvalue weighted by molar-refractivity contribution is -0.123. The van der Waals surface area contributed by atoms with Crippen molar-refractivity contribution >= 4 is 39.0 Å². The first-order valence-corrected chi connectivity index (χ1v) is 7.60. The van der Waals surface area contributed by atoms with Crippen molar-refractivity contribution < 1.29 is 19.4 Å². The minimum atomic E-state index is -0.930. The molecule has 0 bridgehead atoms. The predicted molar refractivity (Wildman–Crippen MR) is 81.0 cm³/mol. The summed E-state index contributed by atoms with van der Waals surface area (Å²) in [7, 11) is 0. The number of carbonyl (C=O) groups excluding carboxylic acids is 1. The lowest BCUT2D eigenvalue weighted by Gasteiger charge is -2.21. The van der Waals surface area contributed by atoms with Gasteiger partial charge in [-0.1, -0.05) is 0 Å². The number of rotatable bonds is 3. The topological polar surface area (TPSA) is 75.6 Å². The number of nitrogens with one attached hydrogen (secondary N) is 1. The van der Waals surface area contributed by atoms with E-state index in [9.17, 15) is 9.59 Å². The molecule has 110 valence electrons. The predicted octanol–water partition coefficient (Wildman–Crippen LogP) is 2.96. The van der Waals surface area contributed by atoms with Gasteiger partial charge >= 0.3 is 5.97 Å². The lowest BCUT2D eigenvalue weighted by atomic mass is 10.0. The molecule has 0 radical (unpaired) electrons. The van der Waals surface area contributed by atoms with E-state index in [4.69, 9.17) is 9.84 Å². The van der Waals surface area contributed by atoms with Crippen LogP contribution in [0.3, 0.4) is 0 Å². The summed E-state index contributed by atoms with van der Waals surface area (Å²) in [4.78, 5) is 23.4. The molecule has 1 aromatic carbocycles. The van der Waals surface area contributed by atoms with Gasteiger partial charge in [-0.2, -0.15) is 0 Å². The average molecular weight is 305 g/mol. The van der Waals surface area contributed by atoms with Gasteiger partial charge in [-0.3, -0.25) is 4.79 Å². The van der Waals surface area contributed by atoms with Crippen molar-refractivity contribution in [1.29, 1.82) is 0 Å². The molecule has 0 aliphatic carbocycles. The van der Waals surface area contributed by atoms with Crippen LogP contribution in [0, 0.1) is 5.92 Å². The Balaban J connectivity index is 1.77. The first-order valence-electron chi connectivity index (χ1n) is 6.79. The molecule has 5 nitrogen and oxygen atoms in total. The van der Waals surface area contributed by atoms with E-state index >= 15 is 0 Å². The summed E-state index contributed by atoms with van der Waals surface area (Å²) < 4.78 is 6.21. The number of aromatic carboxylic acids is 1. The Morgan fingerprint density at radius 3 is 2.90 bits per heavy atom. The summed E-state index contributed by atoms with van der Waals surface area (Å²) >= 11 is 1.23. The van der Waals surface area contributed by atoms with Crippen LogP contribution >= 0.6 is 11.3 Å². The van der Waals surface area contributed by atoms with Gasteiger partial charge in [-0.25, -0.2) is 4.79 Å². The molecule has 0 spiro atoms. The molecule has 3 rings (SSSR count). The summed E-state index contributed by atoms with van der Waals surface area (Å²) in [5.41, 5.74) is 0.688. The molecule has 0 saturated carbocycles. The van der Waals surface area contributed by atoms with Crippen molar-refractivity contribution in [3.8, 4) is 0 Å². The molecule has 1 fully saturated rings. The first kappa shape index (κ1) is 14.0. The molecule has 2 heterocycles. The standard InChI is InChI=1S/C15H15NO4S/c17-14(9-2-1-5-20-8-9)16-11-3-4-12-10(6-11)7-13(21-12)15(18)19/h3-4,6-7,9H,1-2,5,8H2,(H,16,17)(H,18,19)/t9-/m1/s1.